The van der Waals surface area contributed by atoms with Crippen molar-refractivity contribution in [3.8, 4) is 17.2 Å². The maximum absolute atomic E-state index is 13.3. The van der Waals surface area contributed by atoms with E-state index >= 15 is 0 Å². The summed E-state index contributed by atoms with van der Waals surface area (Å²) in [5.41, 5.74) is 2.93. The highest BCUT2D eigenvalue weighted by Crippen LogP contribution is 2.44. The molecule has 1 unspecified atom stereocenters. The molecule has 5 rings (SSSR count). The lowest BCUT2D eigenvalue weighted by Crippen LogP contribution is -2.29. The Labute approximate surface area is 229 Å². The number of hydrogen-bond acceptors (Lipinski definition) is 8. The Hall–Kier alpha value is -4.63. The van der Waals surface area contributed by atoms with Gasteiger partial charge in [0.1, 0.15) is 18.1 Å². The summed E-state index contributed by atoms with van der Waals surface area (Å²) in [5.74, 6) is -1.24. The lowest BCUT2D eigenvalue weighted by Gasteiger charge is -2.23. The van der Waals surface area contributed by atoms with Gasteiger partial charge in [-0.2, -0.15) is 0 Å². The van der Waals surface area contributed by atoms with Crippen LogP contribution in [0.2, 0.25) is 0 Å². The Morgan fingerprint density at radius 2 is 1.82 bits per heavy atom. The number of hydrogen-bond donors (Lipinski definition) is 2. The number of thiazole rings is 1. The number of aliphatic hydroxyl groups is 1. The van der Waals surface area contributed by atoms with Crippen LogP contribution in [0, 0.1) is 6.92 Å². The zero-order valence-electron chi connectivity index (χ0n) is 21.3. The maximum atomic E-state index is 13.3. The summed E-state index contributed by atoms with van der Waals surface area (Å²) < 4.78 is 11.4. The molecular weight excluding hydrogens is 516 g/mol. The first-order valence-corrected chi connectivity index (χ1v) is 13.2. The fraction of sp³-hybridized carbons (Fsp3) is 0.167. The van der Waals surface area contributed by atoms with Crippen LogP contribution in [0.1, 0.15) is 35.2 Å². The van der Waals surface area contributed by atoms with Crippen molar-refractivity contribution in [2.45, 2.75) is 26.5 Å². The molecular formula is C30H26N2O6S. The van der Waals surface area contributed by atoms with Gasteiger partial charge in [-0.25, -0.2) is 4.98 Å². The molecule has 2 heterocycles. The Morgan fingerprint density at radius 1 is 1.05 bits per heavy atom. The number of rotatable bonds is 8. The van der Waals surface area contributed by atoms with Gasteiger partial charge in [0.25, 0.3) is 5.78 Å². The number of carbonyl (C=O) groups is 2. The zero-order chi connectivity index (χ0) is 27.5. The van der Waals surface area contributed by atoms with E-state index in [1.807, 2.05) is 31.2 Å². The predicted octanol–water partition coefficient (Wildman–Crippen LogP) is 5.76. The average Bonchev–Trinajstić information content (AvgIpc) is 3.56. The largest absolute Gasteiger partial charge is 0.507 e. The Balaban J connectivity index is 1.52. The van der Waals surface area contributed by atoms with Crippen LogP contribution in [0.25, 0.3) is 5.76 Å². The molecule has 198 valence electrons. The van der Waals surface area contributed by atoms with Gasteiger partial charge in [-0.3, -0.25) is 14.5 Å². The first-order valence-electron chi connectivity index (χ1n) is 12.3. The summed E-state index contributed by atoms with van der Waals surface area (Å²) in [4.78, 5) is 32.0. The van der Waals surface area contributed by atoms with Gasteiger partial charge in [0.2, 0.25) is 0 Å². The van der Waals surface area contributed by atoms with Crippen molar-refractivity contribution < 1.29 is 29.3 Å². The maximum Gasteiger partial charge on any atom is 0.301 e. The van der Waals surface area contributed by atoms with E-state index in [-0.39, 0.29) is 22.8 Å². The number of ketones is 1. The van der Waals surface area contributed by atoms with E-state index in [1.54, 1.807) is 48.7 Å². The number of ether oxygens (including phenoxy) is 2. The number of amides is 1. The average molecular weight is 543 g/mol. The van der Waals surface area contributed by atoms with E-state index in [1.165, 1.54) is 28.5 Å². The molecule has 1 aliphatic rings. The van der Waals surface area contributed by atoms with E-state index in [0.717, 1.165) is 11.1 Å². The Kier molecular flexibility index (Phi) is 7.33. The van der Waals surface area contributed by atoms with Crippen LogP contribution in [0.3, 0.4) is 0 Å². The highest BCUT2D eigenvalue weighted by Gasteiger charge is 2.48. The molecule has 4 aromatic rings. The highest BCUT2D eigenvalue weighted by atomic mass is 32.1. The van der Waals surface area contributed by atoms with Crippen LogP contribution in [-0.4, -0.2) is 33.5 Å². The fourth-order valence-electron chi connectivity index (χ4n) is 4.45. The van der Waals surface area contributed by atoms with Crippen LogP contribution in [0.4, 0.5) is 5.13 Å². The van der Waals surface area contributed by atoms with Crippen LogP contribution >= 0.6 is 11.3 Å². The van der Waals surface area contributed by atoms with Gasteiger partial charge in [-0.15, -0.1) is 11.3 Å². The smallest absolute Gasteiger partial charge is 0.301 e. The first-order chi connectivity index (χ1) is 18.9. The molecule has 0 saturated carbocycles. The van der Waals surface area contributed by atoms with Gasteiger partial charge < -0.3 is 19.7 Å². The quantitative estimate of drug-likeness (QED) is 0.165. The van der Waals surface area contributed by atoms with E-state index in [4.69, 9.17) is 9.47 Å². The molecule has 1 atom stereocenters. The fourth-order valence-corrected chi connectivity index (χ4v) is 5.12. The van der Waals surface area contributed by atoms with Gasteiger partial charge in [-0.05, 0) is 66.9 Å². The van der Waals surface area contributed by atoms with Crippen molar-refractivity contribution >= 4 is 33.9 Å². The van der Waals surface area contributed by atoms with Crippen molar-refractivity contribution in [3.63, 3.8) is 0 Å². The second kappa shape index (κ2) is 11.0. The SMILES string of the molecule is CCOc1cc(C2/C(=C(\O)c3ccc(OCc4ccccc4C)cc3)C(=O)C(=O)N2c2nccs2)ccc1O. The normalized spacial score (nSPS) is 16.5. The van der Waals surface area contributed by atoms with Crippen LogP contribution in [0.5, 0.6) is 17.2 Å². The lowest BCUT2D eigenvalue weighted by atomic mass is 9.95. The van der Waals surface area contributed by atoms with Gasteiger partial charge in [0.05, 0.1) is 18.2 Å². The summed E-state index contributed by atoms with van der Waals surface area (Å²) in [5, 5.41) is 23.6. The van der Waals surface area contributed by atoms with Gasteiger partial charge >= 0.3 is 5.91 Å². The topological polar surface area (TPSA) is 109 Å². The summed E-state index contributed by atoms with van der Waals surface area (Å²) in [6, 6.07) is 18.2. The molecule has 0 spiro atoms. The van der Waals surface area contributed by atoms with E-state index < -0.39 is 17.7 Å². The van der Waals surface area contributed by atoms with Crippen molar-refractivity contribution in [2.24, 2.45) is 0 Å². The molecule has 0 radical (unpaired) electrons. The number of phenols is 1. The molecule has 1 aromatic heterocycles. The third-order valence-corrected chi connectivity index (χ3v) is 7.22. The van der Waals surface area contributed by atoms with E-state index in [9.17, 15) is 19.8 Å². The summed E-state index contributed by atoms with van der Waals surface area (Å²) in [6.45, 7) is 4.49. The summed E-state index contributed by atoms with van der Waals surface area (Å²) in [7, 11) is 0. The summed E-state index contributed by atoms with van der Waals surface area (Å²) in [6.07, 6.45) is 1.54. The minimum atomic E-state index is -0.979. The number of Topliss-reactive ketones (excluding diaryl/α,β-unsaturated/α-hetero) is 1. The van der Waals surface area contributed by atoms with Gasteiger partial charge in [0, 0.05) is 17.1 Å². The third-order valence-electron chi connectivity index (χ3n) is 6.45. The van der Waals surface area contributed by atoms with Crippen molar-refractivity contribution in [1.82, 2.24) is 4.98 Å². The predicted molar refractivity (Wildman–Crippen MR) is 148 cm³/mol. The molecule has 0 aliphatic carbocycles. The molecule has 1 amide bonds. The number of aryl methyl sites for hydroxylation is 1. The van der Waals surface area contributed by atoms with Crippen molar-refractivity contribution in [3.05, 3.63) is 106 Å². The Bertz CT molecular complexity index is 1550. The molecule has 1 saturated heterocycles. The molecule has 0 bridgehead atoms. The number of carbonyl (C=O) groups excluding carboxylic acids is 2. The van der Waals surface area contributed by atoms with E-state index in [0.29, 0.717) is 35.2 Å². The van der Waals surface area contributed by atoms with Crippen LogP contribution in [-0.2, 0) is 16.2 Å². The number of aromatic nitrogens is 1. The number of anilines is 1. The van der Waals surface area contributed by atoms with E-state index in [2.05, 4.69) is 4.98 Å². The minimum absolute atomic E-state index is 0.0758. The summed E-state index contributed by atoms with van der Waals surface area (Å²) >= 11 is 1.20. The first kappa shape index (κ1) is 26.0. The lowest BCUT2D eigenvalue weighted by molar-refractivity contribution is -0.132. The van der Waals surface area contributed by atoms with Crippen molar-refractivity contribution in [2.75, 3.05) is 11.5 Å². The number of aliphatic hydroxyl groups excluding tert-OH is 1. The van der Waals surface area contributed by atoms with Crippen LogP contribution in [0.15, 0.2) is 83.9 Å². The monoisotopic (exact) mass is 542 g/mol. The molecule has 2 N–H and O–H groups in total. The zero-order valence-corrected chi connectivity index (χ0v) is 22.1. The van der Waals surface area contributed by atoms with Crippen LogP contribution < -0.4 is 14.4 Å². The number of benzene rings is 3. The molecule has 8 nitrogen and oxygen atoms in total. The number of aromatic hydroxyl groups is 1. The van der Waals surface area contributed by atoms with Gasteiger partial charge in [0.15, 0.2) is 16.6 Å². The molecule has 1 fully saturated rings. The third kappa shape index (κ3) is 5.08. The standard InChI is InChI=1S/C30H26N2O6S/c1-3-37-24-16-20(10-13-23(24)33)26-25(28(35)29(36)32(26)30-31-14-15-39-30)27(34)19-8-11-22(12-9-19)38-17-21-7-5-4-6-18(21)2/h4-16,26,33-34H,3,17H2,1-2H3/b27-25+. The minimum Gasteiger partial charge on any atom is -0.507 e. The molecule has 3 aromatic carbocycles. The van der Waals surface area contributed by atoms with Gasteiger partial charge in [-0.1, -0.05) is 30.3 Å². The highest BCUT2D eigenvalue weighted by molar-refractivity contribution is 7.14. The van der Waals surface area contributed by atoms with Crippen molar-refractivity contribution in [1.29, 1.82) is 0 Å². The Morgan fingerprint density at radius 3 is 2.51 bits per heavy atom. The number of nitrogens with zero attached hydrogens (tertiary/aromatic N) is 2. The second-order valence-electron chi connectivity index (χ2n) is 8.88. The second-order valence-corrected chi connectivity index (χ2v) is 9.76. The molecule has 9 heteroatoms. The number of phenolic OH excluding ortho intramolecular Hbond substituents is 1. The molecule has 39 heavy (non-hydrogen) atoms. The molecule has 1 aliphatic heterocycles.